The molecule has 1 aliphatic rings. The van der Waals surface area contributed by atoms with E-state index in [1.54, 1.807) is 0 Å². The van der Waals surface area contributed by atoms with E-state index in [0.29, 0.717) is 5.95 Å². The third kappa shape index (κ3) is 3.97. The van der Waals surface area contributed by atoms with Crippen molar-refractivity contribution in [1.29, 1.82) is 0 Å². The van der Waals surface area contributed by atoms with Crippen LogP contribution >= 0.6 is 34.2 Å². The molecule has 1 aliphatic heterocycles. The average molecular weight is 457 g/mol. The molecule has 3 rings (SSSR count). The highest BCUT2D eigenvalue weighted by Gasteiger charge is 2.19. The van der Waals surface area contributed by atoms with Crippen LogP contribution in [0.5, 0.6) is 0 Å². The summed E-state index contributed by atoms with van der Waals surface area (Å²) < 4.78 is 1.09. The standard InChI is InChI=1S/C17H18ClIN4O/c1-11-5-6-12(9-14(11)19)21-16(24)15-13(18)10-20-17(22-15)23-7-3-2-4-8-23/h5-6,9-10H,2-4,7-8H2,1H3,(H,21,24). The Kier molecular flexibility index (Phi) is 5.55. The van der Waals surface area contributed by atoms with E-state index < -0.39 is 0 Å². The zero-order chi connectivity index (χ0) is 17.1. The summed E-state index contributed by atoms with van der Waals surface area (Å²) in [7, 11) is 0. The molecule has 0 aliphatic carbocycles. The Bertz CT molecular complexity index is 762. The lowest BCUT2D eigenvalue weighted by Gasteiger charge is -2.26. The number of benzene rings is 1. The van der Waals surface area contributed by atoms with Crippen LogP contribution < -0.4 is 10.2 Å². The minimum absolute atomic E-state index is 0.211. The van der Waals surface area contributed by atoms with E-state index in [0.717, 1.165) is 35.2 Å². The van der Waals surface area contributed by atoms with Crippen LogP contribution in [0.3, 0.4) is 0 Å². The van der Waals surface area contributed by atoms with Gasteiger partial charge < -0.3 is 10.2 Å². The highest BCUT2D eigenvalue weighted by Crippen LogP contribution is 2.22. The fraction of sp³-hybridized carbons (Fsp3) is 0.353. The Morgan fingerprint density at radius 3 is 2.75 bits per heavy atom. The number of anilines is 2. The number of nitrogens with one attached hydrogen (secondary N) is 1. The molecule has 1 saturated heterocycles. The number of hydrogen-bond acceptors (Lipinski definition) is 4. The molecule has 1 aromatic carbocycles. The van der Waals surface area contributed by atoms with Gasteiger partial charge in [0.1, 0.15) is 0 Å². The Morgan fingerprint density at radius 1 is 1.29 bits per heavy atom. The quantitative estimate of drug-likeness (QED) is 0.700. The molecule has 2 aromatic rings. The molecule has 126 valence electrons. The number of aromatic nitrogens is 2. The first-order valence-electron chi connectivity index (χ1n) is 7.89. The predicted octanol–water partition coefficient (Wildman–Crippen LogP) is 4.29. The fourth-order valence-electron chi connectivity index (χ4n) is 2.62. The van der Waals surface area contributed by atoms with Gasteiger partial charge >= 0.3 is 0 Å². The fourth-order valence-corrected chi connectivity index (χ4v) is 3.32. The van der Waals surface area contributed by atoms with Gasteiger partial charge in [-0.3, -0.25) is 4.79 Å². The molecular weight excluding hydrogens is 439 g/mol. The van der Waals surface area contributed by atoms with E-state index in [9.17, 15) is 4.79 Å². The summed E-state index contributed by atoms with van der Waals surface area (Å²) >= 11 is 8.39. The summed E-state index contributed by atoms with van der Waals surface area (Å²) in [5.41, 5.74) is 2.10. The molecule has 0 saturated carbocycles. The lowest BCUT2D eigenvalue weighted by Crippen LogP contribution is -2.31. The van der Waals surface area contributed by atoms with Gasteiger partial charge in [-0.15, -0.1) is 0 Å². The monoisotopic (exact) mass is 456 g/mol. The van der Waals surface area contributed by atoms with Gasteiger partial charge in [0, 0.05) is 22.3 Å². The molecule has 2 heterocycles. The summed E-state index contributed by atoms with van der Waals surface area (Å²) in [6.45, 7) is 3.86. The second kappa shape index (κ2) is 7.65. The maximum Gasteiger partial charge on any atom is 0.276 e. The Labute approximate surface area is 160 Å². The van der Waals surface area contributed by atoms with Crippen LogP contribution in [0.2, 0.25) is 5.02 Å². The van der Waals surface area contributed by atoms with E-state index in [1.807, 2.05) is 25.1 Å². The molecular formula is C17H18ClIN4O. The molecule has 0 unspecified atom stereocenters. The third-order valence-electron chi connectivity index (χ3n) is 4.02. The molecule has 0 bridgehead atoms. The van der Waals surface area contributed by atoms with E-state index in [4.69, 9.17) is 11.6 Å². The van der Waals surface area contributed by atoms with Crippen molar-refractivity contribution < 1.29 is 4.79 Å². The normalized spacial score (nSPS) is 14.5. The minimum atomic E-state index is -0.319. The zero-order valence-corrected chi connectivity index (χ0v) is 16.3. The van der Waals surface area contributed by atoms with Crippen LogP contribution in [0.1, 0.15) is 35.3 Å². The van der Waals surface area contributed by atoms with Crippen molar-refractivity contribution in [1.82, 2.24) is 9.97 Å². The third-order valence-corrected chi connectivity index (χ3v) is 5.45. The first kappa shape index (κ1) is 17.4. The topological polar surface area (TPSA) is 58.1 Å². The Morgan fingerprint density at radius 2 is 2.04 bits per heavy atom. The molecule has 1 fully saturated rings. The van der Waals surface area contributed by atoms with Crippen LogP contribution in [0.15, 0.2) is 24.4 Å². The van der Waals surface area contributed by atoms with Crippen molar-refractivity contribution in [3.8, 4) is 0 Å². The van der Waals surface area contributed by atoms with Gasteiger partial charge in [0.25, 0.3) is 5.91 Å². The van der Waals surface area contributed by atoms with Gasteiger partial charge in [0.2, 0.25) is 5.95 Å². The van der Waals surface area contributed by atoms with Crippen molar-refractivity contribution >= 4 is 51.7 Å². The summed E-state index contributed by atoms with van der Waals surface area (Å²) in [4.78, 5) is 23.3. The molecule has 0 spiro atoms. The second-order valence-corrected chi connectivity index (χ2v) is 7.40. The highest BCUT2D eigenvalue weighted by atomic mass is 127. The Balaban J connectivity index is 1.81. The van der Waals surface area contributed by atoms with Gasteiger partial charge in [-0.1, -0.05) is 17.7 Å². The average Bonchev–Trinajstić information content (AvgIpc) is 2.59. The van der Waals surface area contributed by atoms with Gasteiger partial charge in [-0.05, 0) is 66.5 Å². The molecule has 24 heavy (non-hydrogen) atoms. The van der Waals surface area contributed by atoms with Crippen LogP contribution in [0.4, 0.5) is 11.6 Å². The maximum absolute atomic E-state index is 12.6. The molecule has 1 N–H and O–H groups in total. The van der Waals surface area contributed by atoms with E-state index in [1.165, 1.54) is 18.2 Å². The second-order valence-electron chi connectivity index (χ2n) is 5.83. The SMILES string of the molecule is Cc1ccc(NC(=O)c2nc(N3CCCCC3)ncc2Cl)cc1I. The number of rotatable bonds is 3. The van der Waals surface area contributed by atoms with Crippen molar-refractivity contribution in [3.63, 3.8) is 0 Å². The zero-order valence-electron chi connectivity index (χ0n) is 13.4. The number of carbonyl (C=O) groups excluding carboxylic acids is 1. The van der Waals surface area contributed by atoms with Crippen molar-refractivity contribution in [2.24, 2.45) is 0 Å². The molecule has 1 aromatic heterocycles. The van der Waals surface area contributed by atoms with Crippen LogP contribution in [-0.4, -0.2) is 29.0 Å². The van der Waals surface area contributed by atoms with Crippen LogP contribution in [-0.2, 0) is 0 Å². The largest absolute Gasteiger partial charge is 0.341 e. The van der Waals surface area contributed by atoms with Gasteiger partial charge in [0.15, 0.2) is 5.69 Å². The number of amides is 1. The summed E-state index contributed by atoms with van der Waals surface area (Å²) in [5, 5.41) is 3.12. The van der Waals surface area contributed by atoms with Crippen LogP contribution in [0, 0.1) is 10.5 Å². The maximum atomic E-state index is 12.6. The van der Waals surface area contributed by atoms with Gasteiger partial charge in [-0.2, -0.15) is 0 Å². The number of piperidine rings is 1. The number of aryl methyl sites for hydroxylation is 1. The highest BCUT2D eigenvalue weighted by molar-refractivity contribution is 14.1. The first-order valence-corrected chi connectivity index (χ1v) is 9.35. The van der Waals surface area contributed by atoms with E-state index in [-0.39, 0.29) is 16.6 Å². The minimum Gasteiger partial charge on any atom is -0.341 e. The number of halogens is 2. The van der Waals surface area contributed by atoms with E-state index in [2.05, 4.69) is 42.8 Å². The number of hydrogen-bond donors (Lipinski definition) is 1. The lowest BCUT2D eigenvalue weighted by atomic mass is 10.1. The van der Waals surface area contributed by atoms with Crippen molar-refractivity contribution in [3.05, 3.63) is 44.2 Å². The smallest absolute Gasteiger partial charge is 0.276 e. The summed E-state index contributed by atoms with van der Waals surface area (Å²) in [5.74, 6) is 0.253. The van der Waals surface area contributed by atoms with Gasteiger partial charge in [-0.25, -0.2) is 9.97 Å². The predicted molar refractivity (Wildman–Crippen MR) is 105 cm³/mol. The first-order chi connectivity index (χ1) is 11.5. The summed E-state index contributed by atoms with van der Waals surface area (Å²) in [6, 6.07) is 5.77. The Hall–Kier alpha value is -1.41. The number of nitrogens with zero attached hydrogens (tertiary/aromatic N) is 3. The number of carbonyl (C=O) groups is 1. The molecule has 1 amide bonds. The molecule has 0 radical (unpaired) electrons. The van der Waals surface area contributed by atoms with Gasteiger partial charge in [0.05, 0.1) is 11.2 Å². The molecule has 7 heteroatoms. The molecule has 0 atom stereocenters. The van der Waals surface area contributed by atoms with E-state index >= 15 is 0 Å². The lowest BCUT2D eigenvalue weighted by molar-refractivity contribution is 0.102. The van der Waals surface area contributed by atoms with Crippen molar-refractivity contribution in [2.75, 3.05) is 23.3 Å². The molecule has 5 nitrogen and oxygen atoms in total. The van der Waals surface area contributed by atoms with Crippen LogP contribution in [0.25, 0.3) is 0 Å². The summed E-state index contributed by atoms with van der Waals surface area (Å²) in [6.07, 6.45) is 4.97. The van der Waals surface area contributed by atoms with Crippen molar-refractivity contribution in [2.45, 2.75) is 26.2 Å².